The van der Waals surface area contributed by atoms with E-state index in [2.05, 4.69) is 0 Å². The summed E-state index contributed by atoms with van der Waals surface area (Å²) in [7, 11) is 0. The molecule has 0 radical (unpaired) electrons. The number of primary amides is 1. The molecule has 0 unspecified atom stereocenters. The molecule has 2 N–H and O–H groups in total. The van der Waals surface area contributed by atoms with E-state index in [-0.39, 0.29) is 18.9 Å². The molecule has 120 valence electrons. The van der Waals surface area contributed by atoms with Gasteiger partial charge in [0, 0.05) is 6.54 Å². The van der Waals surface area contributed by atoms with Gasteiger partial charge in [-0.15, -0.1) is 0 Å². The van der Waals surface area contributed by atoms with Gasteiger partial charge in [0.1, 0.15) is 5.75 Å². The van der Waals surface area contributed by atoms with Crippen LogP contribution in [-0.4, -0.2) is 49.1 Å². The number of ether oxygens (including phenoxy) is 2. The van der Waals surface area contributed by atoms with Crippen molar-refractivity contribution >= 4 is 11.8 Å². The number of aryl methyl sites for hydroxylation is 1. The molecule has 1 heterocycles. The lowest BCUT2D eigenvalue weighted by Crippen LogP contribution is -2.50. The summed E-state index contributed by atoms with van der Waals surface area (Å²) in [6.07, 6.45) is -0.448. The summed E-state index contributed by atoms with van der Waals surface area (Å²) >= 11 is 0. The van der Waals surface area contributed by atoms with Gasteiger partial charge >= 0.3 is 0 Å². The Labute approximate surface area is 130 Å². The van der Waals surface area contributed by atoms with Crippen LogP contribution in [0.1, 0.15) is 17.5 Å². The topological polar surface area (TPSA) is 81.9 Å². The Bertz CT molecular complexity index is 559. The zero-order chi connectivity index (χ0) is 16.1. The van der Waals surface area contributed by atoms with Crippen LogP contribution in [0.5, 0.6) is 5.75 Å². The van der Waals surface area contributed by atoms with E-state index in [4.69, 9.17) is 15.2 Å². The fourth-order valence-corrected chi connectivity index (χ4v) is 2.33. The maximum atomic E-state index is 12.1. The highest BCUT2D eigenvalue weighted by Gasteiger charge is 2.27. The lowest BCUT2D eigenvalue weighted by atomic mass is 10.1. The molecule has 1 aromatic rings. The van der Waals surface area contributed by atoms with Crippen LogP contribution in [-0.2, 0) is 14.3 Å². The number of carbonyl (C=O) groups is 2. The minimum Gasteiger partial charge on any atom is -0.493 e. The largest absolute Gasteiger partial charge is 0.493 e. The second-order valence-electron chi connectivity index (χ2n) is 5.40. The van der Waals surface area contributed by atoms with Crippen molar-refractivity contribution in [3.8, 4) is 5.75 Å². The minimum atomic E-state index is -0.711. The molecule has 0 bridgehead atoms. The van der Waals surface area contributed by atoms with E-state index in [1.165, 1.54) is 0 Å². The Balaban J connectivity index is 1.82. The van der Waals surface area contributed by atoms with E-state index in [0.29, 0.717) is 19.8 Å². The maximum absolute atomic E-state index is 12.1. The Morgan fingerprint density at radius 2 is 2.18 bits per heavy atom. The van der Waals surface area contributed by atoms with Gasteiger partial charge in [0.05, 0.1) is 26.2 Å². The lowest BCUT2D eigenvalue weighted by molar-refractivity contribution is -0.145. The molecule has 1 aromatic carbocycles. The van der Waals surface area contributed by atoms with Crippen LogP contribution < -0.4 is 10.5 Å². The Morgan fingerprint density at radius 1 is 1.41 bits per heavy atom. The molecule has 1 saturated heterocycles. The van der Waals surface area contributed by atoms with Crippen LogP contribution in [0.3, 0.4) is 0 Å². The van der Waals surface area contributed by atoms with E-state index in [9.17, 15) is 9.59 Å². The molecule has 1 aliphatic rings. The first-order valence-electron chi connectivity index (χ1n) is 7.36. The average Bonchev–Trinajstić information content (AvgIpc) is 2.51. The molecule has 0 aromatic heterocycles. The molecule has 1 atom stereocenters. The van der Waals surface area contributed by atoms with Crippen LogP contribution in [0.4, 0.5) is 0 Å². The maximum Gasteiger partial charge on any atom is 0.248 e. The molecule has 2 rings (SSSR count). The number of benzene rings is 1. The van der Waals surface area contributed by atoms with Crippen molar-refractivity contribution in [1.82, 2.24) is 4.90 Å². The number of nitrogens with zero attached hydrogens (tertiary/aromatic N) is 1. The highest BCUT2D eigenvalue weighted by Crippen LogP contribution is 2.20. The summed E-state index contributed by atoms with van der Waals surface area (Å²) in [5.41, 5.74) is 7.44. The lowest BCUT2D eigenvalue weighted by Gasteiger charge is -2.31. The van der Waals surface area contributed by atoms with Crippen LogP contribution >= 0.6 is 0 Å². The third-order valence-electron chi connectivity index (χ3n) is 3.86. The van der Waals surface area contributed by atoms with Gasteiger partial charge in [-0.3, -0.25) is 9.59 Å². The number of carbonyl (C=O) groups excluding carboxylic acids is 2. The van der Waals surface area contributed by atoms with Gasteiger partial charge in [-0.25, -0.2) is 0 Å². The molecule has 0 aliphatic carbocycles. The molecule has 1 fully saturated rings. The van der Waals surface area contributed by atoms with Gasteiger partial charge in [0.15, 0.2) is 6.10 Å². The summed E-state index contributed by atoms with van der Waals surface area (Å²) in [6.45, 7) is 5.35. The Kier molecular flexibility index (Phi) is 5.38. The van der Waals surface area contributed by atoms with Crippen LogP contribution in [0.25, 0.3) is 0 Å². The summed E-state index contributed by atoms with van der Waals surface area (Å²) < 4.78 is 10.9. The highest BCUT2D eigenvalue weighted by molar-refractivity contribution is 5.81. The monoisotopic (exact) mass is 306 g/mol. The van der Waals surface area contributed by atoms with Gasteiger partial charge in [0.2, 0.25) is 11.8 Å². The van der Waals surface area contributed by atoms with E-state index < -0.39 is 12.0 Å². The fraction of sp³-hybridized carbons (Fsp3) is 0.500. The first-order valence-corrected chi connectivity index (χ1v) is 7.36. The number of hydrogen-bond donors (Lipinski definition) is 1. The van der Waals surface area contributed by atoms with E-state index in [1.807, 2.05) is 32.0 Å². The Hall–Kier alpha value is -2.08. The normalized spacial score (nSPS) is 18.1. The second kappa shape index (κ2) is 7.26. The first-order chi connectivity index (χ1) is 10.5. The van der Waals surface area contributed by atoms with E-state index in [0.717, 1.165) is 16.9 Å². The molecule has 1 aliphatic heterocycles. The van der Waals surface area contributed by atoms with Crippen molar-refractivity contribution in [2.75, 3.05) is 26.3 Å². The molecule has 2 amide bonds. The van der Waals surface area contributed by atoms with Gasteiger partial charge in [-0.1, -0.05) is 12.1 Å². The van der Waals surface area contributed by atoms with Crippen LogP contribution in [0.15, 0.2) is 18.2 Å². The van der Waals surface area contributed by atoms with Gasteiger partial charge < -0.3 is 20.1 Å². The highest BCUT2D eigenvalue weighted by atomic mass is 16.5. The van der Waals surface area contributed by atoms with E-state index >= 15 is 0 Å². The SMILES string of the molecule is Cc1cccc(OCCC(=O)N2CCO[C@@H](C(N)=O)C2)c1C. The summed E-state index contributed by atoms with van der Waals surface area (Å²) in [5.74, 6) is 0.203. The zero-order valence-corrected chi connectivity index (χ0v) is 13.0. The molecule has 0 saturated carbocycles. The quantitative estimate of drug-likeness (QED) is 0.872. The average molecular weight is 306 g/mol. The van der Waals surface area contributed by atoms with Crippen LogP contribution in [0.2, 0.25) is 0 Å². The van der Waals surface area contributed by atoms with Crippen molar-refractivity contribution < 1.29 is 19.1 Å². The minimum absolute atomic E-state index is 0.0557. The number of rotatable bonds is 5. The van der Waals surface area contributed by atoms with E-state index in [1.54, 1.807) is 4.90 Å². The Morgan fingerprint density at radius 3 is 2.91 bits per heavy atom. The van der Waals surface area contributed by atoms with Gasteiger partial charge in [0.25, 0.3) is 0 Å². The summed E-state index contributed by atoms with van der Waals surface area (Å²) in [6, 6.07) is 5.84. The summed E-state index contributed by atoms with van der Waals surface area (Å²) in [4.78, 5) is 24.9. The smallest absolute Gasteiger partial charge is 0.248 e. The standard InChI is InChI=1S/C16H22N2O4/c1-11-4-3-5-13(12(11)2)21-8-6-15(19)18-7-9-22-14(10-18)16(17)20/h3-5,14H,6-10H2,1-2H3,(H2,17,20)/t14-/m1/s1. The molecular formula is C16H22N2O4. The molecule has 6 heteroatoms. The molecular weight excluding hydrogens is 284 g/mol. The molecule has 0 spiro atoms. The molecule has 22 heavy (non-hydrogen) atoms. The number of hydrogen-bond acceptors (Lipinski definition) is 4. The van der Waals surface area contributed by atoms with Gasteiger partial charge in [-0.2, -0.15) is 0 Å². The zero-order valence-electron chi connectivity index (χ0n) is 13.0. The van der Waals surface area contributed by atoms with Crippen molar-refractivity contribution in [2.24, 2.45) is 5.73 Å². The number of nitrogens with two attached hydrogens (primary N) is 1. The van der Waals surface area contributed by atoms with Crippen molar-refractivity contribution in [2.45, 2.75) is 26.4 Å². The van der Waals surface area contributed by atoms with Gasteiger partial charge in [-0.05, 0) is 31.0 Å². The first kappa shape index (κ1) is 16.3. The van der Waals surface area contributed by atoms with Crippen LogP contribution in [0, 0.1) is 13.8 Å². The van der Waals surface area contributed by atoms with Crippen molar-refractivity contribution in [1.29, 1.82) is 0 Å². The number of morpholine rings is 1. The fourth-order valence-electron chi connectivity index (χ4n) is 2.33. The van der Waals surface area contributed by atoms with Crippen molar-refractivity contribution in [3.05, 3.63) is 29.3 Å². The predicted octanol–water partition coefficient (Wildman–Crippen LogP) is 0.785. The third-order valence-corrected chi connectivity index (χ3v) is 3.86. The summed E-state index contributed by atoms with van der Waals surface area (Å²) in [5, 5.41) is 0. The predicted molar refractivity (Wildman–Crippen MR) is 81.5 cm³/mol. The second-order valence-corrected chi connectivity index (χ2v) is 5.40. The number of amides is 2. The molecule has 6 nitrogen and oxygen atoms in total. The van der Waals surface area contributed by atoms with Crippen molar-refractivity contribution in [3.63, 3.8) is 0 Å². The third kappa shape index (κ3) is 3.98.